The molecule has 1 atom stereocenters. The number of rotatable bonds is 5. The highest BCUT2D eigenvalue weighted by Crippen LogP contribution is 2.30. The summed E-state index contributed by atoms with van der Waals surface area (Å²) < 4.78 is 2.38. The van der Waals surface area contributed by atoms with Crippen LogP contribution in [0.3, 0.4) is 0 Å². The maximum atomic E-state index is 12.1. The van der Waals surface area contributed by atoms with Gasteiger partial charge in [0.05, 0.1) is 5.56 Å². The van der Waals surface area contributed by atoms with Crippen LogP contribution in [0.15, 0.2) is 48.8 Å². The Morgan fingerprint density at radius 2 is 2.00 bits per heavy atom. The molecule has 5 heteroatoms. The van der Waals surface area contributed by atoms with Crippen molar-refractivity contribution < 1.29 is 4.79 Å². The minimum atomic E-state index is 0.000799. The summed E-state index contributed by atoms with van der Waals surface area (Å²) in [4.78, 5) is 20.9. The Hall–Kier alpha value is -2.66. The summed E-state index contributed by atoms with van der Waals surface area (Å²) in [5.74, 6) is 0.418. The van der Waals surface area contributed by atoms with Crippen molar-refractivity contribution in [3.05, 3.63) is 65.6 Å². The number of carbonyl (C=O) groups is 1. The molecule has 1 fully saturated rings. The van der Waals surface area contributed by atoms with Gasteiger partial charge in [-0.05, 0) is 57.0 Å². The Kier molecular flexibility index (Phi) is 5.91. The van der Waals surface area contributed by atoms with E-state index in [4.69, 9.17) is 0 Å². The second-order valence-electron chi connectivity index (χ2n) is 8.92. The molecule has 158 valence electrons. The lowest BCUT2D eigenvalue weighted by molar-refractivity contribution is 0.0827. The predicted octanol–water partition coefficient (Wildman–Crippen LogP) is 4.70. The standard InChI is InChI=1S/C25H32N4O/c1-18(2)29-17-21(22-9-5-6-10-24(22)29)16-28-13-7-8-20(15-28)23-12-11-19(14-26-23)25(30)27(3)4/h5-6,9-12,14,17-18,20H,7-8,13,15-16H2,1-4H3/t20-/m0/s1. The first-order valence-corrected chi connectivity index (χ1v) is 10.9. The van der Waals surface area contributed by atoms with Crippen molar-refractivity contribution in [2.45, 2.75) is 45.2 Å². The van der Waals surface area contributed by atoms with Crippen LogP contribution in [0.4, 0.5) is 0 Å². The van der Waals surface area contributed by atoms with E-state index in [0.717, 1.165) is 31.7 Å². The van der Waals surface area contributed by atoms with Crippen LogP contribution in [-0.4, -0.2) is 52.4 Å². The average Bonchev–Trinajstić information content (AvgIpc) is 3.12. The summed E-state index contributed by atoms with van der Waals surface area (Å²) in [5.41, 5.74) is 4.47. The number of likely N-dealkylation sites (tertiary alicyclic amines) is 1. The van der Waals surface area contributed by atoms with E-state index >= 15 is 0 Å². The number of amides is 1. The predicted molar refractivity (Wildman–Crippen MR) is 122 cm³/mol. The number of carbonyl (C=O) groups excluding carboxylic acids is 1. The van der Waals surface area contributed by atoms with Crippen LogP contribution >= 0.6 is 0 Å². The highest BCUT2D eigenvalue weighted by Gasteiger charge is 2.24. The van der Waals surface area contributed by atoms with Gasteiger partial charge in [-0.2, -0.15) is 0 Å². The summed E-state index contributed by atoms with van der Waals surface area (Å²) in [6, 6.07) is 13.1. The molecule has 30 heavy (non-hydrogen) atoms. The molecule has 1 aliphatic heterocycles. The van der Waals surface area contributed by atoms with E-state index < -0.39 is 0 Å². The molecule has 2 aromatic heterocycles. The van der Waals surface area contributed by atoms with E-state index in [1.165, 1.54) is 22.9 Å². The minimum Gasteiger partial charge on any atom is -0.345 e. The SMILES string of the molecule is CC(C)n1cc(CN2CCC[C@H](c3ccc(C(=O)N(C)C)cn3)C2)c2ccccc21. The molecule has 0 N–H and O–H groups in total. The molecule has 1 amide bonds. The van der Waals surface area contributed by atoms with Gasteiger partial charge in [0.15, 0.2) is 0 Å². The van der Waals surface area contributed by atoms with Gasteiger partial charge >= 0.3 is 0 Å². The van der Waals surface area contributed by atoms with E-state index in [1.807, 2.05) is 12.1 Å². The van der Waals surface area contributed by atoms with E-state index in [0.29, 0.717) is 17.5 Å². The van der Waals surface area contributed by atoms with Crippen molar-refractivity contribution in [3.8, 4) is 0 Å². The van der Waals surface area contributed by atoms with Gasteiger partial charge in [-0.15, -0.1) is 0 Å². The number of nitrogens with zero attached hydrogens (tertiary/aromatic N) is 4. The third kappa shape index (κ3) is 4.12. The van der Waals surface area contributed by atoms with Crippen molar-refractivity contribution in [1.29, 1.82) is 0 Å². The molecule has 0 aliphatic carbocycles. The number of para-hydroxylation sites is 1. The first-order chi connectivity index (χ1) is 14.4. The van der Waals surface area contributed by atoms with Gasteiger partial charge in [0.1, 0.15) is 0 Å². The molecule has 5 nitrogen and oxygen atoms in total. The van der Waals surface area contributed by atoms with Gasteiger partial charge in [-0.1, -0.05) is 18.2 Å². The van der Waals surface area contributed by atoms with Crippen LogP contribution in [0.5, 0.6) is 0 Å². The minimum absolute atomic E-state index is 0.000799. The van der Waals surface area contributed by atoms with Crippen molar-refractivity contribution in [1.82, 2.24) is 19.4 Å². The summed E-state index contributed by atoms with van der Waals surface area (Å²) in [6.45, 7) is 7.57. The fourth-order valence-corrected chi connectivity index (χ4v) is 4.54. The van der Waals surface area contributed by atoms with E-state index in [1.54, 1.807) is 25.2 Å². The highest BCUT2D eigenvalue weighted by atomic mass is 16.2. The molecular weight excluding hydrogens is 372 g/mol. The van der Waals surface area contributed by atoms with Crippen LogP contribution in [-0.2, 0) is 6.54 Å². The lowest BCUT2D eigenvalue weighted by Crippen LogP contribution is -2.34. The van der Waals surface area contributed by atoms with Gasteiger partial charge in [0, 0.05) is 68.1 Å². The molecule has 1 saturated heterocycles. The summed E-state index contributed by atoms with van der Waals surface area (Å²) >= 11 is 0. The van der Waals surface area contributed by atoms with Crippen LogP contribution < -0.4 is 0 Å². The fourth-order valence-electron chi connectivity index (χ4n) is 4.54. The van der Waals surface area contributed by atoms with E-state index in [-0.39, 0.29) is 5.91 Å². The molecule has 0 bridgehead atoms. The quantitative estimate of drug-likeness (QED) is 0.619. The van der Waals surface area contributed by atoms with Crippen LogP contribution in [0.1, 0.15) is 60.3 Å². The number of piperidine rings is 1. The fraction of sp³-hybridized carbons (Fsp3) is 0.440. The zero-order chi connectivity index (χ0) is 21.3. The molecular formula is C25H32N4O. The van der Waals surface area contributed by atoms with Gasteiger partial charge in [0.2, 0.25) is 0 Å². The zero-order valence-corrected chi connectivity index (χ0v) is 18.5. The van der Waals surface area contributed by atoms with Gasteiger partial charge in [-0.3, -0.25) is 14.7 Å². The average molecular weight is 405 g/mol. The Labute approximate surface area is 179 Å². The molecule has 0 saturated carbocycles. The zero-order valence-electron chi connectivity index (χ0n) is 18.5. The summed E-state index contributed by atoms with van der Waals surface area (Å²) in [6.07, 6.45) is 6.39. The Bertz CT molecular complexity index is 1020. The molecule has 0 radical (unpaired) electrons. The lowest BCUT2D eigenvalue weighted by Gasteiger charge is -2.32. The molecule has 1 aliphatic rings. The summed E-state index contributed by atoms with van der Waals surface area (Å²) in [5, 5.41) is 1.36. The van der Waals surface area contributed by atoms with Crippen LogP contribution in [0.2, 0.25) is 0 Å². The van der Waals surface area contributed by atoms with Crippen molar-refractivity contribution in [2.75, 3.05) is 27.2 Å². The molecule has 0 spiro atoms. The first-order valence-electron chi connectivity index (χ1n) is 10.9. The topological polar surface area (TPSA) is 41.4 Å². The number of fused-ring (bicyclic) bond motifs is 1. The normalized spacial score (nSPS) is 17.6. The third-order valence-corrected chi connectivity index (χ3v) is 6.14. The third-order valence-electron chi connectivity index (χ3n) is 6.14. The summed E-state index contributed by atoms with van der Waals surface area (Å²) in [7, 11) is 3.54. The molecule has 3 aromatic rings. The second-order valence-corrected chi connectivity index (χ2v) is 8.92. The van der Waals surface area contributed by atoms with Crippen molar-refractivity contribution in [2.24, 2.45) is 0 Å². The van der Waals surface area contributed by atoms with Gasteiger partial charge in [0.25, 0.3) is 5.91 Å². The smallest absolute Gasteiger partial charge is 0.254 e. The number of benzene rings is 1. The Balaban J connectivity index is 1.50. The highest BCUT2D eigenvalue weighted by molar-refractivity contribution is 5.93. The van der Waals surface area contributed by atoms with Crippen LogP contribution in [0.25, 0.3) is 10.9 Å². The second kappa shape index (κ2) is 8.60. The first kappa shape index (κ1) is 20.6. The largest absolute Gasteiger partial charge is 0.345 e. The monoisotopic (exact) mass is 404 g/mol. The molecule has 3 heterocycles. The van der Waals surface area contributed by atoms with E-state index in [9.17, 15) is 4.79 Å². The van der Waals surface area contributed by atoms with Crippen molar-refractivity contribution >= 4 is 16.8 Å². The van der Waals surface area contributed by atoms with E-state index in [2.05, 4.69) is 58.8 Å². The van der Waals surface area contributed by atoms with Crippen LogP contribution in [0, 0.1) is 0 Å². The molecule has 0 unspecified atom stereocenters. The molecule has 1 aromatic carbocycles. The lowest BCUT2D eigenvalue weighted by atomic mass is 9.93. The Morgan fingerprint density at radius 3 is 2.70 bits per heavy atom. The molecule has 4 rings (SSSR count). The van der Waals surface area contributed by atoms with Gasteiger partial charge in [-0.25, -0.2) is 0 Å². The number of hydrogen-bond acceptors (Lipinski definition) is 3. The number of aromatic nitrogens is 2. The Morgan fingerprint density at radius 1 is 1.20 bits per heavy atom. The number of pyridine rings is 1. The number of hydrogen-bond donors (Lipinski definition) is 0. The maximum Gasteiger partial charge on any atom is 0.254 e. The van der Waals surface area contributed by atoms with Crippen molar-refractivity contribution in [3.63, 3.8) is 0 Å². The maximum absolute atomic E-state index is 12.1. The van der Waals surface area contributed by atoms with Gasteiger partial charge < -0.3 is 9.47 Å².